The quantitative estimate of drug-likeness (QED) is 0.768. The summed E-state index contributed by atoms with van der Waals surface area (Å²) in [4.78, 5) is 27.4. The number of carboxylic acids is 1. The van der Waals surface area contributed by atoms with E-state index in [9.17, 15) is 14.7 Å². The van der Waals surface area contributed by atoms with Crippen molar-refractivity contribution in [2.75, 3.05) is 0 Å². The minimum absolute atomic E-state index is 0.0917. The Morgan fingerprint density at radius 3 is 2.86 bits per heavy atom. The summed E-state index contributed by atoms with van der Waals surface area (Å²) in [7, 11) is 0. The van der Waals surface area contributed by atoms with Gasteiger partial charge in [0, 0.05) is 6.92 Å². The molecule has 1 aromatic heterocycles. The molecule has 1 saturated carbocycles. The molecule has 3 N–H and O–H groups in total. The number of hydrogen-bond acceptors (Lipinski definition) is 5. The number of urea groups is 1. The van der Waals surface area contributed by atoms with Crippen molar-refractivity contribution in [3.63, 3.8) is 0 Å². The van der Waals surface area contributed by atoms with Gasteiger partial charge in [-0.2, -0.15) is 4.98 Å². The Bertz CT molecular complexity index is 530. The van der Waals surface area contributed by atoms with E-state index in [-0.39, 0.29) is 12.5 Å². The first-order valence-electron chi connectivity index (χ1n) is 7.00. The third-order valence-electron chi connectivity index (χ3n) is 3.74. The van der Waals surface area contributed by atoms with Crippen molar-refractivity contribution in [1.82, 2.24) is 20.8 Å². The summed E-state index contributed by atoms with van der Waals surface area (Å²) in [6.07, 6.45) is 2.66. The highest BCUT2D eigenvalue weighted by atomic mass is 16.5. The van der Waals surface area contributed by atoms with E-state index >= 15 is 0 Å². The number of aromatic nitrogens is 2. The third-order valence-corrected chi connectivity index (χ3v) is 3.74. The molecule has 8 heteroatoms. The van der Waals surface area contributed by atoms with Crippen LogP contribution in [0.3, 0.4) is 0 Å². The Labute approximate surface area is 122 Å². The van der Waals surface area contributed by atoms with Crippen molar-refractivity contribution in [2.45, 2.75) is 51.6 Å². The maximum Gasteiger partial charge on any atom is 0.329 e. The second kappa shape index (κ2) is 6.11. The van der Waals surface area contributed by atoms with Crippen molar-refractivity contribution < 1.29 is 19.2 Å². The van der Waals surface area contributed by atoms with E-state index in [1.54, 1.807) is 6.92 Å². The fourth-order valence-corrected chi connectivity index (χ4v) is 2.75. The van der Waals surface area contributed by atoms with Gasteiger partial charge in [-0.05, 0) is 18.8 Å². The molecule has 21 heavy (non-hydrogen) atoms. The lowest BCUT2D eigenvalue weighted by Gasteiger charge is -2.36. The summed E-state index contributed by atoms with van der Waals surface area (Å²) in [6.45, 7) is 3.74. The molecule has 1 aliphatic rings. The SMILES string of the molecule is Cc1nc(CNC(=O)NC2(C(=O)O)CCCC(C)C2)no1. The third kappa shape index (κ3) is 3.71. The molecule has 0 aliphatic heterocycles. The zero-order valence-electron chi connectivity index (χ0n) is 12.2. The van der Waals surface area contributed by atoms with Gasteiger partial charge in [0.2, 0.25) is 5.89 Å². The predicted molar refractivity (Wildman–Crippen MR) is 72.4 cm³/mol. The van der Waals surface area contributed by atoms with E-state index in [0.29, 0.717) is 24.6 Å². The number of rotatable bonds is 4. The first kappa shape index (κ1) is 15.3. The molecule has 2 rings (SSSR count). The molecular formula is C13H20N4O4. The van der Waals surface area contributed by atoms with Crippen LogP contribution in [0.25, 0.3) is 0 Å². The monoisotopic (exact) mass is 296 g/mol. The van der Waals surface area contributed by atoms with Crippen LogP contribution in [0.2, 0.25) is 0 Å². The Morgan fingerprint density at radius 2 is 2.29 bits per heavy atom. The van der Waals surface area contributed by atoms with Crippen LogP contribution in [-0.4, -0.2) is 32.8 Å². The van der Waals surface area contributed by atoms with Gasteiger partial charge in [0.1, 0.15) is 5.54 Å². The Morgan fingerprint density at radius 1 is 1.52 bits per heavy atom. The van der Waals surface area contributed by atoms with Crippen molar-refractivity contribution in [1.29, 1.82) is 0 Å². The van der Waals surface area contributed by atoms with Gasteiger partial charge in [-0.3, -0.25) is 0 Å². The van der Waals surface area contributed by atoms with E-state index in [0.717, 1.165) is 12.8 Å². The summed E-state index contributed by atoms with van der Waals surface area (Å²) in [5, 5.41) is 18.3. The summed E-state index contributed by atoms with van der Waals surface area (Å²) >= 11 is 0. The number of carboxylic acid groups (broad SMARTS) is 1. The first-order valence-corrected chi connectivity index (χ1v) is 7.00. The number of hydrogen-bond donors (Lipinski definition) is 3. The molecule has 2 amide bonds. The fraction of sp³-hybridized carbons (Fsp3) is 0.692. The lowest BCUT2D eigenvalue weighted by molar-refractivity contribution is -0.146. The average molecular weight is 296 g/mol. The Hall–Kier alpha value is -2.12. The van der Waals surface area contributed by atoms with Gasteiger partial charge >= 0.3 is 12.0 Å². The van der Waals surface area contributed by atoms with Crippen LogP contribution < -0.4 is 10.6 Å². The van der Waals surface area contributed by atoms with E-state index < -0.39 is 17.5 Å². The van der Waals surface area contributed by atoms with Crippen LogP contribution in [0.5, 0.6) is 0 Å². The smallest absolute Gasteiger partial charge is 0.329 e. The number of carbonyl (C=O) groups excluding carboxylic acids is 1. The van der Waals surface area contributed by atoms with Gasteiger partial charge in [-0.25, -0.2) is 9.59 Å². The summed E-state index contributed by atoms with van der Waals surface area (Å²) < 4.78 is 4.79. The second-order valence-electron chi connectivity index (χ2n) is 5.63. The largest absolute Gasteiger partial charge is 0.480 e. The van der Waals surface area contributed by atoms with E-state index in [1.807, 2.05) is 6.92 Å². The number of carbonyl (C=O) groups is 2. The highest BCUT2D eigenvalue weighted by molar-refractivity contribution is 5.86. The number of nitrogens with one attached hydrogen (secondary N) is 2. The van der Waals surface area contributed by atoms with Gasteiger partial charge in [0.25, 0.3) is 0 Å². The average Bonchev–Trinajstić information content (AvgIpc) is 2.82. The molecule has 1 aromatic rings. The van der Waals surface area contributed by atoms with Crippen LogP contribution in [0, 0.1) is 12.8 Å². The predicted octanol–water partition coefficient (Wildman–Crippen LogP) is 1.21. The molecule has 0 aromatic carbocycles. The highest BCUT2D eigenvalue weighted by Gasteiger charge is 2.43. The van der Waals surface area contributed by atoms with Crippen molar-refractivity contribution >= 4 is 12.0 Å². The fourth-order valence-electron chi connectivity index (χ4n) is 2.75. The first-order chi connectivity index (χ1) is 9.91. The molecule has 8 nitrogen and oxygen atoms in total. The molecule has 0 bridgehead atoms. The standard InChI is InChI=1S/C13H20N4O4/c1-8-4-3-5-13(6-8,11(18)19)16-12(20)14-7-10-15-9(2)21-17-10/h8H,3-7H2,1-2H3,(H,18,19)(H2,14,16,20). The lowest BCUT2D eigenvalue weighted by Crippen LogP contribution is -2.59. The number of aryl methyl sites for hydroxylation is 1. The van der Waals surface area contributed by atoms with Gasteiger partial charge in [-0.15, -0.1) is 0 Å². The molecule has 1 aliphatic carbocycles. The van der Waals surface area contributed by atoms with Crippen LogP contribution in [0.4, 0.5) is 4.79 Å². The van der Waals surface area contributed by atoms with Gasteiger partial charge in [0.05, 0.1) is 6.54 Å². The molecule has 2 atom stereocenters. The molecule has 1 heterocycles. The van der Waals surface area contributed by atoms with Crippen molar-refractivity contribution in [2.24, 2.45) is 5.92 Å². The van der Waals surface area contributed by atoms with Gasteiger partial charge in [0.15, 0.2) is 5.82 Å². The molecular weight excluding hydrogens is 276 g/mol. The zero-order chi connectivity index (χ0) is 15.5. The van der Waals surface area contributed by atoms with Crippen LogP contribution >= 0.6 is 0 Å². The topological polar surface area (TPSA) is 117 Å². The summed E-state index contributed by atoms with van der Waals surface area (Å²) in [6, 6.07) is -0.533. The van der Waals surface area contributed by atoms with Gasteiger partial charge in [-0.1, -0.05) is 24.9 Å². The maximum atomic E-state index is 11.9. The Balaban J connectivity index is 1.94. The van der Waals surface area contributed by atoms with E-state index in [2.05, 4.69) is 20.8 Å². The van der Waals surface area contributed by atoms with Crippen LogP contribution in [0.1, 0.15) is 44.3 Å². The molecule has 1 fully saturated rings. The minimum Gasteiger partial charge on any atom is -0.480 e. The van der Waals surface area contributed by atoms with Crippen LogP contribution in [0.15, 0.2) is 4.52 Å². The number of aliphatic carboxylic acids is 1. The Kier molecular flexibility index (Phi) is 4.44. The van der Waals surface area contributed by atoms with Gasteiger partial charge < -0.3 is 20.3 Å². The molecule has 0 spiro atoms. The molecule has 116 valence electrons. The maximum absolute atomic E-state index is 11.9. The number of nitrogens with zero attached hydrogens (tertiary/aromatic N) is 2. The second-order valence-corrected chi connectivity index (χ2v) is 5.63. The normalized spacial score (nSPS) is 25.3. The lowest BCUT2D eigenvalue weighted by atomic mass is 9.76. The number of amides is 2. The molecule has 2 unspecified atom stereocenters. The van der Waals surface area contributed by atoms with Crippen molar-refractivity contribution in [3.05, 3.63) is 11.7 Å². The van der Waals surface area contributed by atoms with E-state index in [4.69, 9.17) is 4.52 Å². The van der Waals surface area contributed by atoms with E-state index in [1.165, 1.54) is 0 Å². The minimum atomic E-state index is -1.19. The summed E-state index contributed by atoms with van der Waals surface area (Å²) in [5.74, 6) is 0.0500. The van der Waals surface area contributed by atoms with Crippen LogP contribution in [-0.2, 0) is 11.3 Å². The van der Waals surface area contributed by atoms with Crippen molar-refractivity contribution in [3.8, 4) is 0 Å². The zero-order valence-corrected chi connectivity index (χ0v) is 12.2. The molecule has 0 radical (unpaired) electrons. The highest BCUT2D eigenvalue weighted by Crippen LogP contribution is 2.32. The molecule has 0 saturated heterocycles. The summed E-state index contributed by atoms with van der Waals surface area (Å²) in [5.41, 5.74) is -1.19.